The molecule has 142 valence electrons. The van der Waals surface area contributed by atoms with E-state index in [-0.39, 0.29) is 0 Å². The minimum absolute atomic E-state index is 0.659. The monoisotopic (exact) mass is 373 g/mol. The van der Waals surface area contributed by atoms with Gasteiger partial charge in [0.05, 0.1) is 31.2 Å². The van der Waals surface area contributed by atoms with Gasteiger partial charge in [0.2, 0.25) is 0 Å². The maximum Gasteiger partial charge on any atom is 0.126 e. The number of aryl methyl sites for hydroxylation is 1. The highest BCUT2D eigenvalue weighted by atomic mass is 16.5. The van der Waals surface area contributed by atoms with Crippen molar-refractivity contribution in [2.24, 2.45) is 7.05 Å². The smallest absolute Gasteiger partial charge is 0.126 e. The van der Waals surface area contributed by atoms with E-state index >= 15 is 0 Å². The summed E-state index contributed by atoms with van der Waals surface area (Å²) in [5.74, 6) is 1.71. The number of anilines is 2. The van der Waals surface area contributed by atoms with Crippen LogP contribution in [0.2, 0.25) is 0 Å². The molecule has 0 fully saturated rings. The van der Waals surface area contributed by atoms with Crippen LogP contribution in [0.5, 0.6) is 5.75 Å². The summed E-state index contributed by atoms with van der Waals surface area (Å²) in [7, 11) is 3.66. The molecule has 0 spiro atoms. The minimum atomic E-state index is 0.659. The average molecular weight is 373 g/mol. The SMILES string of the molecule is COc1ccccc1CNc1ccc2cc(NCc3cn(C)cn3)ccc2n1. The Morgan fingerprint density at radius 1 is 1.00 bits per heavy atom. The summed E-state index contributed by atoms with van der Waals surface area (Å²) in [4.78, 5) is 9.05. The van der Waals surface area contributed by atoms with Crippen molar-refractivity contribution in [2.75, 3.05) is 17.7 Å². The topological polar surface area (TPSA) is 64.0 Å². The lowest BCUT2D eigenvalue weighted by Crippen LogP contribution is -2.03. The highest BCUT2D eigenvalue weighted by Gasteiger charge is 2.04. The number of rotatable bonds is 7. The number of benzene rings is 2. The Hall–Kier alpha value is -3.54. The summed E-state index contributed by atoms with van der Waals surface area (Å²) in [5, 5.41) is 7.87. The van der Waals surface area contributed by atoms with Crippen molar-refractivity contribution in [1.82, 2.24) is 14.5 Å². The largest absolute Gasteiger partial charge is 0.496 e. The van der Waals surface area contributed by atoms with E-state index in [1.807, 2.05) is 60.3 Å². The Bertz CT molecular complexity index is 1090. The Morgan fingerprint density at radius 3 is 2.71 bits per heavy atom. The van der Waals surface area contributed by atoms with Gasteiger partial charge in [-0.1, -0.05) is 18.2 Å². The first-order valence-corrected chi connectivity index (χ1v) is 9.18. The summed E-state index contributed by atoms with van der Waals surface area (Å²) in [6.45, 7) is 1.35. The van der Waals surface area contributed by atoms with E-state index in [0.717, 1.165) is 39.4 Å². The molecule has 0 bridgehead atoms. The average Bonchev–Trinajstić information content (AvgIpc) is 3.16. The molecule has 0 aliphatic rings. The van der Waals surface area contributed by atoms with Crippen molar-refractivity contribution >= 4 is 22.4 Å². The molecule has 0 saturated heterocycles. The van der Waals surface area contributed by atoms with E-state index in [2.05, 4.69) is 27.8 Å². The predicted octanol–water partition coefficient (Wildman–Crippen LogP) is 4.20. The third-order valence-electron chi connectivity index (χ3n) is 4.57. The van der Waals surface area contributed by atoms with Crippen LogP contribution in [0.25, 0.3) is 10.9 Å². The van der Waals surface area contributed by atoms with Crippen LogP contribution < -0.4 is 15.4 Å². The van der Waals surface area contributed by atoms with E-state index in [1.165, 1.54) is 0 Å². The van der Waals surface area contributed by atoms with Crippen LogP contribution in [-0.2, 0) is 20.1 Å². The number of imidazole rings is 1. The van der Waals surface area contributed by atoms with Crippen LogP contribution in [0.4, 0.5) is 11.5 Å². The standard InChI is InChI=1S/C22H23N5O/c1-27-14-19(25-15-27)13-23-18-8-9-20-16(11-18)7-10-22(26-20)24-12-17-5-3-4-6-21(17)28-2/h3-11,14-15,23H,12-13H2,1-2H3,(H,24,26). The molecular formula is C22H23N5O. The normalized spacial score (nSPS) is 10.8. The van der Waals surface area contributed by atoms with Crippen LogP contribution in [0.1, 0.15) is 11.3 Å². The van der Waals surface area contributed by atoms with Gasteiger partial charge in [0, 0.05) is 36.4 Å². The van der Waals surface area contributed by atoms with Gasteiger partial charge in [0.25, 0.3) is 0 Å². The predicted molar refractivity (Wildman–Crippen MR) is 113 cm³/mol. The molecule has 4 aromatic rings. The summed E-state index contributed by atoms with van der Waals surface area (Å²) in [6.07, 6.45) is 3.82. The second-order valence-electron chi connectivity index (χ2n) is 6.65. The quantitative estimate of drug-likeness (QED) is 0.508. The van der Waals surface area contributed by atoms with Crippen LogP contribution in [0.3, 0.4) is 0 Å². The molecule has 4 rings (SSSR count). The number of methoxy groups -OCH3 is 1. The molecule has 0 radical (unpaired) electrons. The van der Waals surface area contributed by atoms with Crippen molar-refractivity contribution in [3.05, 3.63) is 78.4 Å². The zero-order valence-corrected chi connectivity index (χ0v) is 16.0. The van der Waals surface area contributed by atoms with Crippen molar-refractivity contribution in [3.63, 3.8) is 0 Å². The molecule has 28 heavy (non-hydrogen) atoms. The lowest BCUT2D eigenvalue weighted by atomic mass is 10.2. The fourth-order valence-electron chi connectivity index (χ4n) is 3.12. The molecule has 0 saturated carbocycles. The highest BCUT2D eigenvalue weighted by molar-refractivity contribution is 5.83. The zero-order valence-electron chi connectivity index (χ0n) is 16.0. The van der Waals surface area contributed by atoms with Crippen molar-refractivity contribution in [2.45, 2.75) is 13.1 Å². The number of pyridine rings is 1. The number of nitrogens with zero attached hydrogens (tertiary/aromatic N) is 3. The minimum Gasteiger partial charge on any atom is -0.496 e. The second kappa shape index (κ2) is 8.00. The molecular weight excluding hydrogens is 350 g/mol. The highest BCUT2D eigenvalue weighted by Crippen LogP contribution is 2.22. The van der Waals surface area contributed by atoms with E-state index < -0.39 is 0 Å². The molecule has 2 aromatic heterocycles. The lowest BCUT2D eigenvalue weighted by Gasteiger charge is -2.11. The van der Waals surface area contributed by atoms with Gasteiger partial charge in [-0.05, 0) is 36.4 Å². The molecule has 0 unspecified atom stereocenters. The molecule has 2 heterocycles. The Morgan fingerprint density at radius 2 is 1.89 bits per heavy atom. The van der Waals surface area contributed by atoms with E-state index in [9.17, 15) is 0 Å². The molecule has 2 N–H and O–H groups in total. The molecule has 2 aromatic carbocycles. The van der Waals surface area contributed by atoms with E-state index in [1.54, 1.807) is 13.4 Å². The number of hydrogen-bond donors (Lipinski definition) is 2. The van der Waals surface area contributed by atoms with Gasteiger partial charge in [-0.2, -0.15) is 0 Å². The number of nitrogens with one attached hydrogen (secondary N) is 2. The van der Waals surface area contributed by atoms with Crippen molar-refractivity contribution in [1.29, 1.82) is 0 Å². The molecule has 6 heteroatoms. The van der Waals surface area contributed by atoms with Gasteiger partial charge in [-0.15, -0.1) is 0 Å². The number of para-hydroxylation sites is 1. The summed E-state index contributed by atoms with van der Waals surface area (Å²) < 4.78 is 7.35. The first-order chi connectivity index (χ1) is 13.7. The number of ether oxygens (including phenoxy) is 1. The van der Waals surface area contributed by atoms with Gasteiger partial charge in [0.1, 0.15) is 11.6 Å². The summed E-state index contributed by atoms with van der Waals surface area (Å²) >= 11 is 0. The number of aromatic nitrogens is 3. The maximum atomic E-state index is 5.40. The second-order valence-corrected chi connectivity index (χ2v) is 6.65. The fraction of sp³-hybridized carbons (Fsp3) is 0.182. The maximum absolute atomic E-state index is 5.40. The van der Waals surface area contributed by atoms with Gasteiger partial charge < -0.3 is 19.9 Å². The van der Waals surface area contributed by atoms with Gasteiger partial charge in [-0.3, -0.25) is 0 Å². The van der Waals surface area contributed by atoms with Gasteiger partial charge >= 0.3 is 0 Å². The molecule has 0 aliphatic heterocycles. The number of hydrogen-bond acceptors (Lipinski definition) is 5. The Kier molecular flexibility index (Phi) is 5.10. The summed E-state index contributed by atoms with van der Waals surface area (Å²) in [6, 6.07) is 18.3. The van der Waals surface area contributed by atoms with Gasteiger partial charge in [0.15, 0.2) is 0 Å². The Labute approximate surface area is 164 Å². The third kappa shape index (κ3) is 4.06. The third-order valence-corrected chi connectivity index (χ3v) is 4.57. The van der Waals surface area contributed by atoms with E-state index in [0.29, 0.717) is 13.1 Å². The molecule has 0 amide bonds. The molecule has 0 atom stereocenters. The zero-order chi connectivity index (χ0) is 19.3. The van der Waals surface area contributed by atoms with Crippen LogP contribution in [0, 0.1) is 0 Å². The molecule has 0 aliphatic carbocycles. The van der Waals surface area contributed by atoms with Gasteiger partial charge in [-0.25, -0.2) is 9.97 Å². The number of fused-ring (bicyclic) bond motifs is 1. The van der Waals surface area contributed by atoms with Crippen LogP contribution in [0.15, 0.2) is 67.1 Å². The van der Waals surface area contributed by atoms with Crippen LogP contribution >= 0.6 is 0 Å². The van der Waals surface area contributed by atoms with Crippen molar-refractivity contribution < 1.29 is 4.74 Å². The first-order valence-electron chi connectivity index (χ1n) is 9.18. The molecule has 6 nitrogen and oxygen atoms in total. The first kappa shape index (κ1) is 17.9. The van der Waals surface area contributed by atoms with Crippen molar-refractivity contribution in [3.8, 4) is 5.75 Å². The Balaban J connectivity index is 1.44. The summed E-state index contributed by atoms with van der Waals surface area (Å²) in [5.41, 5.74) is 4.11. The fourth-order valence-corrected chi connectivity index (χ4v) is 3.12. The van der Waals surface area contributed by atoms with E-state index in [4.69, 9.17) is 9.72 Å². The lowest BCUT2D eigenvalue weighted by molar-refractivity contribution is 0.410. The van der Waals surface area contributed by atoms with Crippen LogP contribution in [-0.4, -0.2) is 21.6 Å².